The van der Waals surface area contributed by atoms with Crippen molar-refractivity contribution in [3.05, 3.63) is 69.4 Å². The first-order valence-corrected chi connectivity index (χ1v) is 10.7. The van der Waals surface area contributed by atoms with E-state index in [1.807, 2.05) is 11.4 Å². The van der Waals surface area contributed by atoms with Gasteiger partial charge in [0, 0.05) is 17.8 Å². The largest absolute Gasteiger partial charge is 0.489 e. The Morgan fingerprint density at radius 3 is 2.47 bits per heavy atom. The van der Waals surface area contributed by atoms with Crippen LogP contribution in [0.2, 0.25) is 5.02 Å². The quantitative estimate of drug-likeness (QED) is 0.583. The van der Waals surface area contributed by atoms with Gasteiger partial charge in [0.2, 0.25) is 5.91 Å². The summed E-state index contributed by atoms with van der Waals surface area (Å²) in [6.45, 7) is 1.10. The number of halogens is 1. The highest BCUT2D eigenvalue weighted by Crippen LogP contribution is 2.38. The van der Waals surface area contributed by atoms with Crippen molar-refractivity contribution in [1.29, 1.82) is 0 Å². The zero-order chi connectivity index (χ0) is 20.9. The highest BCUT2D eigenvalue weighted by molar-refractivity contribution is 7.12. The van der Waals surface area contributed by atoms with E-state index in [4.69, 9.17) is 21.1 Å². The highest BCUT2D eigenvalue weighted by Gasteiger charge is 2.17. The Balaban J connectivity index is 1.37. The lowest BCUT2D eigenvalue weighted by Gasteiger charge is -2.12. The summed E-state index contributed by atoms with van der Waals surface area (Å²) in [5.41, 5.74) is 2.03. The van der Waals surface area contributed by atoms with Crippen LogP contribution in [0.5, 0.6) is 11.5 Å². The number of hydrogen-bond acceptors (Lipinski definition) is 5. The monoisotopic (exact) mass is 442 g/mol. The molecule has 0 saturated heterocycles. The normalized spacial score (nSPS) is 12.7. The minimum absolute atomic E-state index is 0.146. The molecule has 0 radical (unpaired) electrons. The number of benzene rings is 2. The van der Waals surface area contributed by atoms with Crippen molar-refractivity contribution in [2.24, 2.45) is 0 Å². The van der Waals surface area contributed by atoms with E-state index in [-0.39, 0.29) is 18.2 Å². The minimum atomic E-state index is -0.184. The third-order valence-corrected chi connectivity index (χ3v) is 5.55. The van der Waals surface area contributed by atoms with Crippen molar-refractivity contribution in [1.82, 2.24) is 0 Å². The summed E-state index contributed by atoms with van der Waals surface area (Å²) >= 11 is 7.67. The lowest BCUT2D eigenvalue weighted by Crippen LogP contribution is -2.15. The summed E-state index contributed by atoms with van der Waals surface area (Å²) in [5.74, 6) is 0.746. The molecule has 1 aliphatic heterocycles. The van der Waals surface area contributed by atoms with Gasteiger partial charge in [0.25, 0.3) is 5.91 Å². The molecule has 2 N–H and O–H groups in total. The lowest BCUT2D eigenvalue weighted by atomic mass is 10.1. The first kappa shape index (κ1) is 20.3. The first-order valence-electron chi connectivity index (χ1n) is 9.41. The molecule has 0 saturated carbocycles. The predicted octanol–water partition coefficient (Wildman–Crippen LogP) is 5.00. The fourth-order valence-corrected chi connectivity index (χ4v) is 3.92. The van der Waals surface area contributed by atoms with E-state index in [0.29, 0.717) is 46.0 Å². The third kappa shape index (κ3) is 4.93. The van der Waals surface area contributed by atoms with Gasteiger partial charge in [-0.2, -0.15) is 0 Å². The number of anilines is 2. The number of carbonyl (C=O) groups is 2. The van der Waals surface area contributed by atoms with Crippen LogP contribution in [0.15, 0.2) is 53.9 Å². The summed E-state index contributed by atoms with van der Waals surface area (Å²) in [5, 5.41) is 7.95. The predicted molar refractivity (Wildman–Crippen MR) is 118 cm³/mol. The third-order valence-electron chi connectivity index (χ3n) is 4.40. The van der Waals surface area contributed by atoms with Crippen LogP contribution in [0.1, 0.15) is 21.7 Å². The van der Waals surface area contributed by atoms with Crippen LogP contribution in [0.25, 0.3) is 0 Å². The lowest BCUT2D eigenvalue weighted by molar-refractivity contribution is -0.115. The number of amides is 2. The van der Waals surface area contributed by atoms with Gasteiger partial charge >= 0.3 is 0 Å². The molecule has 3 aromatic rings. The van der Waals surface area contributed by atoms with Crippen LogP contribution in [0, 0.1) is 0 Å². The molecule has 0 fully saturated rings. The molecule has 8 heteroatoms. The summed E-state index contributed by atoms with van der Waals surface area (Å²) in [4.78, 5) is 25.2. The number of hydrogen-bond donors (Lipinski definition) is 2. The number of fused-ring (bicyclic) bond motifs is 1. The molecule has 0 atom stereocenters. The molecule has 2 aromatic carbocycles. The van der Waals surface area contributed by atoms with Crippen molar-refractivity contribution in [2.45, 2.75) is 12.8 Å². The van der Waals surface area contributed by atoms with Crippen LogP contribution in [0.4, 0.5) is 11.4 Å². The molecular formula is C22H19ClN2O4S. The van der Waals surface area contributed by atoms with Gasteiger partial charge in [-0.15, -0.1) is 11.3 Å². The number of rotatable bonds is 5. The van der Waals surface area contributed by atoms with Crippen LogP contribution < -0.4 is 20.1 Å². The number of ether oxygens (including phenoxy) is 2. The summed E-state index contributed by atoms with van der Waals surface area (Å²) in [6, 6.07) is 14.1. The Morgan fingerprint density at radius 1 is 1.00 bits per heavy atom. The van der Waals surface area contributed by atoms with Crippen LogP contribution in [0.3, 0.4) is 0 Å². The standard InChI is InChI=1S/C22H19ClN2O4S/c23-17-11-14(12-18-21(17)29-9-2-8-28-18)13-20(26)24-15-4-6-16(7-5-15)25-22(27)19-3-1-10-30-19/h1,3-7,10-12H,2,8-9,13H2,(H,24,26)(H,25,27). The van der Waals surface area contributed by atoms with Crippen molar-refractivity contribution < 1.29 is 19.1 Å². The molecule has 1 aromatic heterocycles. The molecule has 0 aliphatic carbocycles. The molecule has 2 amide bonds. The van der Waals surface area contributed by atoms with Crippen LogP contribution in [-0.4, -0.2) is 25.0 Å². The summed E-state index contributed by atoms with van der Waals surface area (Å²) in [6.07, 6.45) is 0.928. The van der Waals surface area contributed by atoms with Gasteiger partial charge < -0.3 is 20.1 Å². The zero-order valence-corrected chi connectivity index (χ0v) is 17.5. The van der Waals surface area contributed by atoms with E-state index < -0.39 is 0 Å². The van der Waals surface area contributed by atoms with Gasteiger partial charge in [0.05, 0.1) is 29.5 Å². The van der Waals surface area contributed by atoms with E-state index in [0.717, 1.165) is 12.0 Å². The van der Waals surface area contributed by atoms with Crippen molar-refractivity contribution in [3.63, 3.8) is 0 Å². The molecule has 0 bridgehead atoms. The Hall–Kier alpha value is -3.03. The van der Waals surface area contributed by atoms with Crippen molar-refractivity contribution in [2.75, 3.05) is 23.8 Å². The second-order valence-electron chi connectivity index (χ2n) is 6.69. The summed E-state index contributed by atoms with van der Waals surface area (Å²) < 4.78 is 11.3. The minimum Gasteiger partial charge on any atom is -0.489 e. The topological polar surface area (TPSA) is 76.7 Å². The SMILES string of the molecule is O=C(Cc1cc(Cl)c2c(c1)OCCCO2)Nc1ccc(NC(=O)c2cccs2)cc1. The Bertz CT molecular complexity index is 1050. The molecule has 0 unspecified atom stereocenters. The Labute approximate surface area is 182 Å². The average Bonchev–Trinajstić information content (AvgIpc) is 3.16. The molecular weight excluding hydrogens is 424 g/mol. The molecule has 2 heterocycles. The van der Waals surface area contributed by atoms with E-state index >= 15 is 0 Å². The van der Waals surface area contributed by atoms with Gasteiger partial charge in [0.1, 0.15) is 0 Å². The second kappa shape index (κ2) is 9.19. The molecule has 154 valence electrons. The van der Waals surface area contributed by atoms with E-state index in [9.17, 15) is 9.59 Å². The average molecular weight is 443 g/mol. The fourth-order valence-electron chi connectivity index (χ4n) is 3.01. The number of carbonyl (C=O) groups excluding carboxylic acids is 2. The summed E-state index contributed by atoms with van der Waals surface area (Å²) in [7, 11) is 0. The van der Waals surface area contributed by atoms with E-state index in [1.54, 1.807) is 42.5 Å². The van der Waals surface area contributed by atoms with Gasteiger partial charge in [-0.25, -0.2) is 0 Å². The van der Waals surface area contributed by atoms with Gasteiger partial charge in [0.15, 0.2) is 11.5 Å². The zero-order valence-electron chi connectivity index (χ0n) is 15.9. The maximum atomic E-state index is 12.5. The second-order valence-corrected chi connectivity index (χ2v) is 8.04. The van der Waals surface area contributed by atoms with Gasteiger partial charge in [-0.1, -0.05) is 17.7 Å². The smallest absolute Gasteiger partial charge is 0.265 e. The van der Waals surface area contributed by atoms with Gasteiger partial charge in [-0.05, 0) is 53.4 Å². The Morgan fingerprint density at radius 2 is 1.73 bits per heavy atom. The van der Waals surface area contributed by atoms with Crippen LogP contribution >= 0.6 is 22.9 Å². The maximum absolute atomic E-state index is 12.5. The van der Waals surface area contributed by atoms with Crippen molar-refractivity contribution in [3.8, 4) is 11.5 Å². The van der Waals surface area contributed by atoms with Gasteiger partial charge in [-0.3, -0.25) is 9.59 Å². The Kier molecular flexibility index (Phi) is 6.21. The first-order chi connectivity index (χ1) is 14.6. The highest BCUT2D eigenvalue weighted by atomic mass is 35.5. The molecule has 4 rings (SSSR count). The maximum Gasteiger partial charge on any atom is 0.265 e. The molecule has 30 heavy (non-hydrogen) atoms. The van der Waals surface area contributed by atoms with Crippen molar-refractivity contribution >= 4 is 46.1 Å². The van der Waals surface area contributed by atoms with E-state index in [2.05, 4.69) is 10.6 Å². The molecule has 0 spiro atoms. The fraction of sp³-hybridized carbons (Fsp3) is 0.182. The molecule has 1 aliphatic rings. The van der Waals surface area contributed by atoms with Crippen LogP contribution in [-0.2, 0) is 11.2 Å². The number of nitrogens with one attached hydrogen (secondary N) is 2. The molecule has 6 nitrogen and oxygen atoms in total. The number of thiophene rings is 1. The van der Waals surface area contributed by atoms with E-state index in [1.165, 1.54) is 11.3 Å².